The standard InChI is InChI=1S/C17H24N2O5S/c1-4-9-19(14-8-10-25(21,22)12-14)17(20)18-13-6-7-15(23-3)16(11-13)24-5-2/h4,6-7,11,14H,1,5,8-10,12H2,2-3H3,(H,18,20)/t14-/m0/s1. The van der Waals surface area contributed by atoms with Crippen LogP contribution in [0.1, 0.15) is 13.3 Å². The summed E-state index contributed by atoms with van der Waals surface area (Å²) in [7, 11) is -1.54. The number of anilines is 1. The van der Waals surface area contributed by atoms with Gasteiger partial charge >= 0.3 is 6.03 Å². The van der Waals surface area contributed by atoms with Crippen LogP contribution in [0.4, 0.5) is 10.5 Å². The van der Waals surface area contributed by atoms with Crippen LogP contribution in [-0.4, -0.2) is 57.2 Å². The first-order valence-corrected chi connectivity index (χ1v) is 9.92. The number of carbonyl (C=O) groups excluding carboxylic acids is 1. The van der Waals surface area contributed by atoms with Gasteiger partial charge in [0.05, 0.1) is 25.2 Å². The number of carbonyl (C=O) groups is 1. The molecule has 7 nitrogen and oxygen atoms in total. The van der Waals surface area contributed by atoms with Gasteiger partial charge in [0.2, 0.25) is 0 Å². The number of nitrogens with one attached hydrogen (secondary N) is 1. The average molecular weight is 368 g/mol. The zero-order valence-corrected chi connectivity index (χ0v) is 15.3. The molecule has 25 heavy (non-hydrogen) atoms. The molecule has 0 saturated carbocycles. The van der Waals surface area contributed by atoms with Crippen LogP contribution in [0, 0.1) is 0 Å². The summed E-state index contributed by atoms with van der Waals surface area (Å²) in [5.41, 5.74) is 0.546. The molecule has 1 aromatic rings. The minimum absolute atomic E-state index is 0.0128. The molecule has 2 rings (SSSR count). The molecule has 0 spiro atoms. The zero-order chi connectivity index (χ0) is 18.4. The van der Waals surface area contributed by atoms with E-state index in [0.29, 0.717) is 30.2 Å². The molecule has 1 aliphatic rings. The molecule has 1 aromatic carbocycles. The fourth-order valence-corrected chi connectivity index (χ4v) is 4.51. The number of nitrogens with zero attached hydrogens (tertiary/aromatic N) is 1. The van der Waals surface area contributed by atoms with Crippen molar-refractivity contribution < 1.29 is 22.7 Å². The summed E-state index contributed by atoms with van der Waals surface area (Å²) in [6.45, 7) is 6.26. The predicted molar refractivity (Wildman–Crippen MR) is 97.1 cm³/mol. The lowest BCUT2D eigenvalue weighted by Gasteiger charge is -2.27. The second-order valence-corrected chi connectivity index (χ2v) is 7.96. The number of hydrogen-bond acceptors (Lipinski definition) is 5. The summed E-state index contributed by atoms with van der Waals surface area (Å²) in [5, 5.41) is 2.79. The second-order valence-electron chi connectivity index (χ2n) is 5.73. The van der Waals surface area contributed by atoms with Crippen molar-refractivity contribution >= 4 is 21.6 Å². The molecule has 2 amide bonds. The number of sulfone groups is 1. The lowest BCUT2D eigenvalue weighted by Crippen LogP contribution is -2.43. The Labute approximate surface area is 148 Å². The molecule has 1 fully saturated rings. The van der Waals surface area contributed by atoms with Gasteiger partial charge in [0, 0.05) is 24.3 Å². The van der Waals surface area contributed by atoms with Crippen LogP contribution in [0.2, 0.25) is 0 Å². The predicted octanol–water partition coefficient (Wildman–Crippen LogP) is 2.30. The molecule has 0 aromatic heterocycles. The summed E-state index contributed by atoms with van der Waals surface area (Å²) in [6, 6.07) is 4.38. The summed E-state index contributed by atoms with van der Waals surface area (Å²) >= 11 is 0. The lowest BCUT2D eigenvalue weighted by atomic mass is 10.2. The van der Waals surface area contributed by atoms with Crippen molar-refractivity contribution in [1.82, 2.24) is 4.90 Å². The van der Waals surface area contributed by atoms with Gasteiger partial charge in [0.15, 0.2) is 21.3 Å². The molecule has 0 aliphatic carbocycles. The van der Waals surface area contributed by atoms with Crippen LogP contribution in [0.5, 0.6) is 11.5 Å². The van der Waals surface area contributed by atoms with Crippen molar-refractivity contribution in [2.75, 3.05) is 37.1 Å². The maximum atomic E-state index is 12.6. The summed E-state index contributed by atoms with van der Waals surface area (Å²) in [5.74, 6) is 1.20. The Morgan fingerprint density at radius 3 is 2.76 bits per heavy atom. The highest BCUT2D eigenvalue weighted by molar-refractivity contribution is 7.91. The van der Waals surface area contributed by atoms with Crippen molar-refractivity contribution in [3.05, 3.63) is 30.9 Å². The van der Waals surface area contributed by atoms with Gasteiger partial charge in [-0.15, -0.1) is 6.58 Å². The van der Waals surface area contributed by atoms with Gasteiger partial charge in [0.25, 0.3) is 0 Å². The Bertz CT molecular complexity index is 733. The molecule has 1 N–H and O–H groups in total. The third-order valence-corrected chi connectivity index (χ3v) is 5.70. The van der Waals surface area contributed by atoms with Crippen LogP contribution in [0.3, 0.4) is 0 Å². The van der Waals surface area contributed by atoms with E-state index >= 15 is 0 Å². The summed E-state index contributed by atoms with van der Waals surface area (Å²) in [4.78, 5) is 14.1. The first-order valence-electron chi connectivity index (χ1n) is 8.10. The maximum absolute atomic E-state index is 12.6. The summed E-state index contributed by atoms with van der Waals surface area (Å²) in [6.07, 6.45) is 2.03. The molecule has 8 heteroatoms. The Kier molecular flexibility index (Phi) is 6.30. The van der Waals surface area contributed by atoms with E-state index in [9.17, 15) is 13.2 Å². The van der Waals surface area contributed by atoms with Gasteiger partial charge in [-0.25, -0.2) is 13.2 Å². The molecule has 1 heterocycles. The third kappa shape index (κ3) is 4.88. The zero-order valence-electron chi connectivity index (χ0n) is 14.5. The fraction of sp³-hybridized carbons (Fsp3) is 0.471. The molecular weight excluding hydrogens is 344 g/mol. The van der Waals surface area contributed by atoms with Crippen molar-refractivity contribution in [3.8, 4) is 11.5 Å². The lowest BCUT2D eigenvalue weighted by molar-refractivity contribution is 0.201. The van der Waals surface area contributed by atoms with Gasteiger partial charge in [-0.05, 0) is 25.5 Å². The second kappa shape index (κ2) is 8.24. The van der Waals surface area contributed by atoms with E-state index in [1.165, 1.54) is 4.90 Å². The number of hydrogen-bond donors (Lipinski definition) is 1. The van der Waals surface area contributed by atoms with Gasteiger partial charge < -0.3 is 19.7 Å². The third-order valence-electron chi connectivity index (χ3n) is 3.95. The van der Waals surface area contributed by atoms with Crippen LogP contribution in [0.25, 0.3) is 0 Å². The van der Waals surface area contributed by atoms with Crippen LogP contribution >= 0.6 is 0 Å². The van der Waals surface area contributed by atoms with E-state index < -0.39 is 9.84 Å². The Morgan fingerprint density at radius 2 is 2.20 bits per heavy atom. The van der Waals surface area contributed by atoms with Gasteiger partial charge in [-0.3, -0.25) is 0 Å². The molecule has 1 atom stereocenters. The highest BCUT2D eigenvalue weighted by Crippen LogP contribution is 2.30. The highest BCUT2D eigenvalue weighted by Gasteiger charge is 2.34. The molecular formula is C17H24N2O5S. The smallest absolute Gasteiger partial charge is 0.322 e. The number of ether oxygens (including phenoxy) is 2. The first-order chi connectivity index (χ1) is 11.9. The molecule has 0 unspecified atom stereocenters. The van der Waals surface area contributed by atoms with Crippen molar-refractivity contribution in [2.45, 2.75) is 19.4 Å². The van der Waals surface area contributed by atoms with Gasteiger partial charge in [-0.2, -0.15) is 0 Å². The minimum Gasteiger partial charge on any atom is -0.493 e. The van der Waals surface area contributed by atoms with E-state index in [0.717, 1.165) is 0 Å². The number of urea groups is 1. The fourth-order valence-electron chi connectivity index (χ4n) is 2.78. The Hall–Kier alpha value is -2.22. The summed E-state index contributed by atoms with van der Waals surface area (Å²) < 4.78 is 34.1. The highest BCUT2D eigenvalue weighted by atomic mass is 32.2. The number of methoxy groups -OCH3 is 1. The first kappa shape index (κ1) is 19.1. The van der Waals surface area contributed by atoms with Crippen LogP contribution < -0.4 is 14.8 Å². The molecule has 1 saturated heterocycles. The monoisotopic (exact) mass is 368 g/mol. The van der Waals surface area contributed by atoms with E-state index in [1.54, 1.807) is 31.4 Å². The Morgan fingerprint density at radius 1 is 1.44 bits per heavy atom. The number of rotatable bonds is 7. The van der Waals surface area contributed by atoms with Crippen molar-refractivity contribution in [3.63, 3.8) is 0 Å². The van der Waals surface area contributed by atoms with Gasteiger partial charge in [-0.1, -0.05) is 6.08 Å². The van der Waals surface area contributed by atoms with Crippen molar-refractivity contribution in [2.24, 2.45) is 0 Å². The largest absolute Gasteiger partial charge is 0.493 e. The molecule has 1 aliphatic heterocycles. The number of amides is 2. The SMILES string of the molecule is C=CCN(C(=O)Nc1ccc(OC)c(OCC)c1)[C@H]1CCS(=O)(=O)C1. The number of benzene rings is 1. The maximum Gasteiger partial charge on any atom is 0.322 e. The average Bonchev–Trinajstić information content (AvgIpc) is 2.92. The van der Waals surface area contributed by atoms with Crippen molar-refractivity contribution in [1.29, 1.82) is 0 Å². The van der Waals surface area contributed by atoms with E-state index in [-0.39, 0.29) is 30.1 Å². The Balaban J connectivity index is 2.15. The van der Waals surface area contributed by atoms with Crippen LogP contribution in [0.15, 0.2) is 30.9 Å². The van der Waals surface area contributed by atoms with E-state index in [2.05, 4.69) is 11.9 Å². The quantitative estimate of drug-likeness (QED) is 0.747. The molecule has 0 radical (unpaired) electrons. The van der Waals surface area contributed by atoms with Gasteiger partial charge in [0.1, 0.15) is 0 Å². The molecule has 0 bridgehead atoms. The van der Waals surface area contributed by atoms with Crippen LogP contribution in [-0.2, 0) is 9.84 Å². The van der Waals surface area contributed by atoms with E-state index in [1.807, 2.05) is 6.92 Å². The normalized spacial score (nSPS) is 18.4. The van der Waals surface area contributed by atoms with E-state index in [4.69, 9.17) is 9.47 Å². The minimum atomic E-state index is -3.08. The topological polar surface area (TPSA) is 84.9 Å². The molecule has 138 valence electrons.